The molecular formula is C16H22N4O. The van der Waals surface area contributed by atoms with E-state index in [9.17, 15) is 4.79 Å². The molecule has 1 aliphatic heterocycles. The van der Waals surface area contributed by atoms with Gasteiger partial charge in [0, 0.05) is 25.5 Å². The minimum Gasteiger partial charge on any atom is -0.339 e. The molecule has 1 aliphatic rings. The molecule has 0 atom stereocenters. The summed E-state index contributed by atoms with van der Waals surface area (Å²) in [4.78, 5) is 19.4. The van der Waals surface area contributed by atoms with Crippen molar-refractivity contribution in [3.8, 4) is 0 Å². The zero-order valence-corrected chi connectivity index (χ0v) is 13.0. The molecule has 21 heavy (non-hydrogen) atoms. The van der Waals surface area contributed by atoms with Crippen LogP contribution < -0.4 is 0 Å². The van der Waals surface area contributed by atoms with Crippen LogP contribution in [0, 0.1) is 13.8 Å². The second kappa shape index (κ2) is 5.47. The lowest BCUT2D eigenvalue weighted by Gasteiger charge is -2.21. The average molecular weight is 286 g/mol. The highest BCUT2D eigenvalue weighted by Crippen LogP contribution is 2.21. The number of amides is 1. The van der Waals surface area contributed by atoms with Crippen molar-refractivity contribution in [1.82, 2.24) is 19.7 Å². The molecule has 0 aromatic carbocycles. The fourth-order valence-corrected chi connectivity index (χ4v) is 3.09. The maximum absolute atomic E-state index is 12.8. The summed E-state index contributed by atoms with van der Waals surface area (Å²) in [6.45, 7) is 5.59. The third kappa shape index (κ3) is 2.52. The number of rotatable bonds is 1. The molecule has 2 aromatic heterocycles. The molecule has 5 heteroatoms. The first-order chi connectivity index (χ1) is 10.1. The summed E-state index contributed by atoms with van der Waals surface area (Å²) in [5.74, 6) is 0.118. The van der Waals surface area contributed by atoms with Crippen LogP contribution in [-0.4, -0.2) is 38.7 Å². The average Bonchev–Trinajstić information content (AvgIpc) is 2.67. The van der Waals surface area contributed by atoms with Gasteiger partial charge in [0.2, 0.25) is 0 Å². The quantitative estimate of drug-likeness (QED) is 0.809. The van der Waals surface area contributed by atoms with Crippen LogP contribution in [0.1, 0.15) is 47.4 Å². The SMILES string of the molecule is Cc1nc2c(cc1C(=O)N1CCCCCC1)c(C)nn2C. The Labute approximate surface area is 125 Å². The van der Waals surface area contributed by atoms with Gasteiger partial charge in [0.05, 0.1) is 17.0 Å². The van der Waals surface area contributed by atoms with E-state index in [2.05, 4.69) is 10.1 Å². The molecule has 0 saturated carbocycles. The van der Waals surface area contributed by atoms with E-state index in [1.54, 1.807) is 4.68 Å². The van der Waals surface area contributed by atoms with E-state index >= 15 is 0 Å². The number of fused-ring (bicyclic) bond motifs is 1. The first-order valence-corrected chi connectivity index (χ1v) is 7.68. The molecule has 3 rings (SSSR count). The Morgan fingerprint density at radius 1 is 1.10 bits per heavy atom. The first-order valence-electron chi connectivity index (χ1n) is 7.68. The van der Waals surface area contributed by atoms with Crippen molar-refractivity contribution in [1.29, 1.82) is 0 Å². The topological polar surface area (TPSA) is 51.0 Å². The Morgan fingerprint density at radius 2 is 1.76 bits per heavy atom. The molecule has 0 aliphatic carbocycles. The Hall–Kier alpha value is -1.91. The van der Waals surface area contributed by atoms with Gasteiger partial charge in [-0.15, -0.1) is 0 Å². The van der Waals surface area contributed by atoms with Gasteiger partial charge in [-0.1, -0.05) is 12.8 Å². The van der Waals surface area contributed by atoms with Crippen molar-refractivity contribution in [2.24, 2.45) is 7.05 Å². The maximum Gasteiger partial charge on any atom is 0.255 e. The van der Waals surface area contributed by atoms with E-state index in [-0.39, 0.29) is 5.91 Å². The van der Waals surface area contributed by atoms with Crippen LogP contribution in [0.25, 0.3) is 11.0 Å². The Morgan fingerprint density at radius 3 is 2.43 bits per heavy atom. The summed E-state index contributed by atoms with van der Waals surface area (Å²) in [6, 6.07) is 1.97. The van der Waals surface area contributed by atoms with E-state index in [0.717, 1.165) is 53.9 Å². The second-order valence-electron chi connectivity index (χ2n) is 5.91. The van der Waals surface area contributed by atoms with E-state index < -0.39 is 0 Å². The highest BCUT2D eigenvalue weighted by atomic mass is 16.2. The van der Waals surface area contributed by atoms with Crippen LogP contribution in [0.2, 0.25) is 0 Å². The molecule has 0 bridgehead atoms. The molecule has 5 nitrogen and oxygen atoms in total. The van der Waals surface area contributed by atoms with Gasteiger partial charge in [-0.25, -0.2) is 4.98 Å². The maximum atomic E-state index is 12.8. The highest BCUT2D eigenvalue weighted by Gasteiger charge is 2.21. The zero-order valence-electron chi connectivity index (χ0n) is 13.0. The van der Waals surface area contributed by atoms with E-state index in [1.165, 1.54) is 12.8 Å². The smallest absolute Gasteiger partial charge is 0.255 e. The summed E-state index contributed by atoms with van der Waals surface area (Å²) in [5.41, 5.74) is 3.28. The predicted octanol–water partition coefficient (Wildman–Crippen LogP) is 2.60. The van der Waals surface area contributed by atoms with Crippen molar-refractivity contribution in [3.05, 3.63) is 23.0 Å². The highest BCUT2D eigenvalue weighted by molar-refractivity contribution is 5.98. The molecule has 1 saturated heterocycles. The standard InChI is InChI=1S/C16H22N4O/c1-11-14(16(21)20-8-6-4-5-7-9-20)10-13-12(2)18-19(3)15(13)17-11/h10H,4-9H2,1-3H3. The van der Waals surface area contributed by atoms with E-state index in [1.807, 2.05) is 31.9 Å². The molecule has 1 fully saturated rings. The Bertz CT molecular complexity index is 681. The normalized spacial score (nSPS) is 16.2. The minimum atomic E-state index is 0.118. The lowest BCUT2D eigenvalue weighted by Crippen LogP contribution is -2.32. The number of pyridine rings is 1. The number of nitrogens with zero attached hydrogens (tertiary/aromatic N) is 4. The van der Waals surface area contributed by atoms with Crippen molar-refractivity contribution in [3.63, 3.8) is 0 Å². The van der Waals surface area contributed by atoms with E-state index in [0.29, 0.717) is 0 Å². The number of hydrogen-bond acceptors (Lipinski definition) is 3. The number of aromatic nitrogens is 3. The van der Waals surface area contributed by atoms with Crippen LogP contribution in [-0.2, 0) is 7.05 Å². The molecule has 0 unspecified atom stereocenters. The molecular weight excluding hydrogens is 264 g/mol. The van der Waals surface area contributed by atoms with Crippen LogP contribution in [0.3, 0.4) is 0 Å². The Kier molecular flexibility index (Phi) is 3.66. The molecule has 1 amide bonds. The summed E-state index contributed by atoms with van der Waals surface area (Å²) in [7, 11) is 1.89. The predicted molar refractivity (Wildman–Crippen MR) is 82.4 cm³/mol. The van der Waals surface area contributed by atoms with Gasteiger partial charge in [-0.3, -0.25) is 9.48 Å². The van der Waals surface area contributed by atoms with Gasteiger partial charge in [-0.05, 0) is 32.8 Å². The van der Waals surface area contributed by atoms with Crippen molar-refractivity contribution in [2.45, 2.75) is 39.5 Å². The van der Waals surface area contributed by atoms with Crippen LogP contribution in [0.15, 0.2) is 6.07 Å². The number of aryl methyl sites for hydroxylation is 3. The summed E-state index contributed by atoms with van der Waals surface area (Å²) in [6.07, 6.45) is 4.66. The van der Waals surface area contributed by atoms with Crippen molar-refractivity contribution >= 4 is 16.9 Å². The summed E-state index contributed by atoms with van der Waals surface area (Å²) < 4.78 is 1.78. The third-order valence-corrected chi connectivity index (χ3v) is 4.31. The molecule has 3 heterocycles. The van der Waals surface area contributed by atoms with Gasteiger partial charge in [0.1, 0.15) is 0 Å². The van der Waals surface area contributed by atoms with Gasteiger partial charge < -0.3 is 4.90 Å². The fraction of sp³-hybridized carbons (Fsp3) is 0.562. The lowest BCUT2D eigenvalue weighted by molar-refractivity contribution is 0.0760. The summed E-state index contributed by atoms with van der Waals surface area (Å²) in [5, 5.41) is 5.36. The monoisotopic (exact) mass is 286 g/mol. The molecule has 112 valence electrons. The molecule has 0 N–H and O–H groups in total. The number of hydrogen-bond donors (Lipinski definition) is 0. The number of carbonyl (C=O) groups is 1. The van der Waals surface area contributed by atoms with Crippen LogP contribution in [0.4, 0.5) is 0 Å². The van der Waals surface area contributed by atoms with Gasteiger partial charge in [0.15, 0.2) is 5.65 Å². The van der Waals surface area contributed by atoms with Crippen molar-refractivity contribution in [2.75, 3.05) is 13.1 Å². The first kappa shape index (κ1) is 14.0. The van der Waals surface area contributed by atoms with Crippen LogP contribution in [0.5, 0.6) is 0 Å². The largest absolute Gasteiger partial charge is 0.339 e. The zero-order chi connectivity index (χ0) is 15.0. The number of carbonyl (C=O) groups excluding carboxylic acids is 1. The fourth-order valence-electron chi connectivity index (χ4n) is 3.09. The minimum absolute atomic E-state index is 0.118. The van der Waals surface area contributed by atoms with Gasteiger partial charge in [0.25, 0.3) is 5.91 Å². The van der Waals surface area contributed by atoms with Gasteiger partial charge >= 0.3 is 0 Å². The lowest BCUT2D eigenvalue weighted by atomic mass is 10.1. The Balaban J connectivity index is 2.00. The second-order valence-corrected chi connectivity index (χ2v) is 5.91. The van der Waals surface area contributed by atoms with Crippen LogP contribution >= 0.6 is 0 Å². The molecule has 2 aromatic rings. The van der Waals surface area contributed by atoms with E-state index in [4.69, 9.17) is 0 Å². The molecule has 0 radical (unpaired) electrons. The summed E-state index contributed by atoms with van der Waals surface area (Å²) >= 11 is 0. The van der Waals surface area contributed by atoms with Gasteiger partial charge in [-0.2, -0.15) is 5.10 Å². The third-order valence-electron chi connectivity index (χ3n) is 4.31. The molecule has 0 spiro atoms. The number of likely N-dealkylation sites (tertiary alicyclic amines) is 1. The van der Waals surface area contributed by atoms with Crippen molar-refractivity contribution < 1.29 is 4.79 Å².